The average molecular weight is 252 g/mol. The first kappa shape index (κ1) is 12.5. The SMILES string of the molecule is O=C(O)CC(CO)c1ccc2c(c1)CCCS2. The van der Waals surface area contributed by atoms with E-state index in [-0.39, 0.29) is 18.9 Å². The van der Waals surface area contributed by atoms with Crippen molar-refractivity contribution in [1.82, 2.24) is 0 Å². The third-order valence-electron chi connectivity index (χ3n) is 3.05. The highest BCUT2D eigenvalue weighted by Gasteiger charge is 2.17. The Labute approximate surface area is 105 Å². The van der Waals surface area contributed by atoms with Crippen molar-refractivity contribution in [3.63, 3.8) is 0 Å². The van der Waals surface area contributed by atoms with E-state index in [2.05, 4.69) is 12.1 Å². The standard InChI is InChI=1S/C13H16O3S/c14-8-11(7-13(15)16)9-3-4-12-10(6-9)2-1-5-17-12/h3-4,6,11,14H,1-2,5,7-8H2,(H,15,16). The Kier molecular flexibility index (Phi) is 4.07. The maximum Gasteiger partial charge on any atom is 0.304 e. The lowest BCUT2D eigenvalue weighted by molar-refractivity contribution is -0.137. The van der Waals surface area contributed by atoms with Crippen LogP contribution in [0.3, 0.4) is 0 Å². The Hall–Kier alpha value is -1.00. The van der Waals surface area contributed by atoms with Gasteiger partial charge in [-0.15, -0.1) is 11.8 Å². The van der Waals surface area contributed by atoms with Crippen LogP contribution >= 0.6 is 11.8 Å². The molecule has 1 aromatic rings. The summed E-state index contributed by atoms with van der Waals surface area (Å²) in [5, 5.41) is 18.1. The lowest BCUT2D eigenvalue weighted by Crippen LogP contribution is -2.11. The molecule has 0 saturated carbocycles. The third-order valence-corrected chi connectivity index (χ3v) is 4.25. The van der Waals surface area contributed by atoms with Gasteiger partial charge in [-0.1, -0.05) is 12.1 Å². The molecule has 0 aromatic heterocycles. The van der Waals surface area contributed by atoms with E-state index in [9.17, 15) is 9.90 Å². The molecule has 1 aliphatic heterocycles. The Balaban J connectivity index is 2.22. The van der Waals surface area contributed by atoms with Gasteiger partial charge in [0.2, 0.25) is 0 Å². The smallest absolute Gasteiger partial charge is 0.304 e. The van der Waals surface area contributed by atoms with Gasteiger partial charge in [-0.2, -0.15) is 0 Å². The molecule has 0 bridgehead atoms. The summed E-state index contributed by atoms with van der Waals surface area (Å²) in [4.78, 5) is 12.0. The van der Waals surface area contributed by atoms with Crippen LogP contribution in [-0.2, 0) is 11.2 Å². The summed E-state index contributed by atoms with van der Waals surface area (Å²) in [5.74, 6) is 0.00567. The summed E-state index contributed by atoms with van der Waals surface area (Å²) in [7, 11) is 0. The molecule has 2 rings (SSSR count). The number of hydrogen-bond donors (Lipinski definition) is 2. The van der Waals surface area contributed by atoms with Crippen LogP contribution < -0.4 is 0 Å². The Morgan fingerprint density at radius 1 is 1.47 bits per heavy atom. The zero-order valence-electron chi connectivity index (χ0n) is 9.56. The lowest BCUT2D eigenvalue weighted by atomic mass is 9.94. The molecule has 0 fully saturated rings. The van der Waals surface area contributed by atoms with Crippen LogP contribution in [0.5, 0.6) is 0 Å². The monoisotopic (exact) mass is 252 g/mol. The predicted octanol–water partition coefficient (Wildman–Crippen LogP) is 2.28. The molecule has 0 amide bonds. The fraction of sp³-hybridized carbons (Fsp3) is 0.462. The molecule has 1 aromatic carbocycles. The van der Waals surface area contributed by atoms with Crippen molar-refractivity contribution < 1.29 is 15.0 Å². The highest BCUT2D eigenvalue weighted by molar-refractivity contribution is 7.99. The molecule has 4 heteroatoms. The van der Waals surface area contributed by atoms with Gasteiger partial charge in [0, 0.05) is 10.8 Å². The van der Waals surface area contributed by atoms with Crippen molar-refractivity contribution in [2.45, 2.75) is 30.1 Å². The molecule has 1 atom stereocenters. The van der Waals surface area contributed by atoms with Crippen LogP contribution in [0.15, 0.2) is 23.1 Å². The molecule has 92 valence electrons. The predicted molar refractivity (Wildman–Crippen MR) is 67.6 cm³/mol. The Bertz CT molecular complexity index is 417. The van der Waals surface area contributed by atoms with Gasteiger partial charge in [0.25, 0.3) is 0 Å². The number of thioether (sulfide) groups is 1. The minimum Gasteiger partial charge on any atom is -0.481 e. The summed E-state index contributed by atoms with van der Waals surface area (Å²) in [5.41, 5.74) is 2.23. The molecule has 0 spiro atoms. The van der Waals surface area contributed by atoms with E-state index < -0.39 is 5.97 Å². The number of benzene rings is 1. The Morgan fingerprint density at radius 2 is 2.29 bits per heavy atom. The van der Waals surface area contributed by atoms with E-state index in [1.807, 2.05) is 17.8 Å². The summed E-state index contributed by atoms with van der Waals surface area (Å²) in [6.07, 6.45) is 2.22. The van der Waals surface area contributed by atoms with Gasteiger partial charge < -0.3 is 10.2 Å². The second-order valence-electron chi connectivity index (χ2n) is 4.30. The van der Waals surface area contributed by atoms with Crippen molar-refractivity contribution in [2.24, 2.45) is 0 Å². The van der Waals surface area contributed by atoms with E-state index in [4.69, 9.17) is 5.11 Å². The van der Waals surface area contributed by atoms with Gasteiger partial charge >= 0.3 is 5.97 Å². The molecule has 1 unspecified atom stereocenters. The first-order valence-corrected chi connectivity index (χ1v) is 6.77. The number of aliphatic carboxylic acids is 1. The molecular formula is C13H16O3S. The molecule has 0 radical (unpaired) electrons. The van der Waals surface area contributed by atoms with Gasteiger partial charge in [0.05, 0.1) is 13.0 Å². The molecule has 3 nitrogen and oxygen atoms in total. The van der Waals surface area contributed by atoms with E-state index in [0.29, 0.717) is 0 Å². The number of aliphatic hydroxyl groups excluding tert-OH is 1. The largest absolute Gasteiger partial charge is 0.481 e. The maximum absolute atomic E-state index is 10.7. The summed E-state index contributed by atoms with van der Waals surface area (Å²) in [6.45, 7) is -0.113. The van der Waals surface area contributed by atoms with Crippen molar-refractivity contribution in [2.75, 3.05) is 12.4 Å². The number of carbonyl (C=O) groups is 1. The number of hydrogen-bond acceptors (Lipinski definition) is 3. The van der Waals surface area contributed by atoms with Crippen LogP contribution in [0.4, 0.5) is 0 Å². The average Bonchev–Trinajstić information content (AvgIpc) is 2.35. The molecule has 0 aliphatic carbocycles. The second kappa shape index (κ2) is 5.56. The highest BCUT2D eigenvalue weighted by atomic mass is 32.2. The van der Waals surface area contributed by atoms with Crippen molar-refractivity contribution >= 4 is 17.7 Å². The quantitative estimate of drug-likeness (QED) is 0.863. The van der Waals surface area contributed by atoms with E-state index in [0.717, 1.165) is 17.7 Å². The van der Waals surface area contributed by atoms with E-state index in [1.54, 1.807) is 0 Å². The number of fused-ring (bicyclic) bond motifs is 1. The van der Waals surface area contributed by atoms with E-state index >= 15 is 0 Å². The number of rotatable bonds is 4. The van der Waals surface area contributed by atoms with Gasteiger partial charge in [0.1, 0.15) is 0 Å². The topological polar surface area (TPSA) is 57.5 Å². The summed E-state index contributed by atoms with van der Waals surface area (Å²) < 4.78 is 0. The minimum atomic E-state index is -0.865. The molecule has 2 N–H and O–H groups in total. The van der Waals surface area contributed by atoms with Crippen LogP contribution in [0.1, 0.15) is 29.9 Å². The third kappa shape index (κ3) is 3.01. The number of aliphatic hydroxyl groups is 1. The van der Waals surface area contributed by atoms with Crippen LogP contribution in [0.25, 0.3) is 0 Å². The minimum absolute atomic E-state index is 0.0115. The van der Waals surface area contributed by atoms with Gasteiger partial charge in [-0.25, -0.2) is 0 Å². The van der Waals surface area contributed by atoms with E-state index in [1.165, 1.54) is 16.9 Å². The zero-order chi connectivity index (χ0) is 12.3. The molecular weight excluding hydrogens is 236 g/mol. The summed E-state index contributed by atoms with van der Waals surface area (Å²) >= 11 is 1.85. The maximum atomic E-state index is 10.7. The van der Waals surface area contributed by atoms with Crippen LogP contribution in [0.2, 0.25) is 0 Å². The lowest BCUT2D eigenvalue weighted by Gasteiger charge is -2.19. The molecule has 1 heterocycles. The highest BCUT2D eigenvalue weighted by Crippen LogP contribution is 2.32. The Morgan fingerprint density at radius 3 is 3.00 bits per heavy atom. The normalized spacial score (nSPS) is 16.3. The fourth-order valence-electron chi connectivity index (χ4n) is 2.13. The number of aryl methyl sites for hydroxylation is 1. The van der Waals surface area contributed by atoms with Crippen molar-refractivity contribution in [3.05, 3.63) is 29.3 Å². The molecule has 0 saturated heterocycles. The first-order chi connectivity index (χ1) is 8.20. The molecule has 1 aliphatic rings. The van der Waals surface area contributed by atoms with Crippen molar-refractivity contribution in [3.8, 4) is 0 Å². The van der Waals surface area contributed by atoms with Crippen LogP contribution in [-0.4, -0.2) is 28.5 Å². The molecule has 17 heavy (non-hydrogen) atoms. The van der Waals surface area contributed by atoms with Crippen LogP contribution in [0, 0.1) is 0 Å². The second-order valence-corrected chi connectivity index (χ2v) is 5.43. The van der Waals surface area contributed by atoms with Gasteiger partial charge in [-0.05, 0) is 35.8 Å². The van der Waals surface area contributed by atoms with Gasteiger partial charge in [-0.3, -0.25) is 4.79 Å². The number of carboxylic acid groups (broad SMARTS) is 1. The summed E-state index contributed by atoms with van der Waals surface area (Å²) in [6, 6.07) is 6.06. The fourth-order valence-corrected chi connectivity index (χ4v) is 3.15. The first-order valence-electron chi connectivity index (χ1n) is 5.79. The number of carboxylic acids is 1. The zero-order valence-corrected chi connectivity index (χ0v) is 10.4. The van der Waals surface area contributed by atoms with Gasteiger partial charge in [0.15, 0.2) is 0 Å². The van der Waals surface area contributed by atoms with Crippen molar-refractivity contribution in [1.29, 1.82) is 0 Å².